The molecule has 17 heteroatoms. The summed E-state index contributed by atoms with van der Waals surface area (Å²) in [6.07, 6.45) is 2.78. The van der Waals surface area contributed by atoms with E-state index in [9.17, 15) is 20.4 Å². The van der Waals surface area contributed by atoms with Crippen molar-refractivity contribution in [2.75, 3.05) is 18.1 Å². The molecule has 3 saturated heterocycles. The molecule has 676 valence electrons. The second-order valence-corrected chi connectivity index (χ2v) is 34.5. The van der Waals surface area contributed by atoms with E-state index in [0.29, 0.717) is 46.2 Å². The SMILES string of the molecule is CC[C@H]1O[C@H](Cl)[C@H](OCc2ccccc2)[C@@H](OCc2ccccc2)[C@@H]1OCc1ccccc1.CCc1ccc(CC2CN(C3O[C@H](CO)[C@@H](O)[C@H](O)[C@H]3O)c3ccccc32)cc1.CCc1ccc(Cc2c[nH]c3ccccc23)cc1.CCc1ccc(Cc2cn(C3O[C@H](CC)[C@@H](OCc4ccccc4)[C@H](OCc4ccccc4)[C@H]3OCc3ccccc3)c3ccccc23)cc1. The summed E-state index contributed by atoms with van der Waals surface area (Å²) in [6.45, 7) is 13.6. The number of benzene rings is 12. The number of aryl methyl sites for hydroxylation is 3. The van der Waals surface area contributed by atoms with E-state index in [1.807, 2.05) is 120 Å². The summed E-state index contributed by atoms with van der Waals surface area (Å²) in [5.41, 5.74) is 21.0. The van der Waals surface area contributed by atoms with Crippen molar-refractivity contribution in [3.8, 4) is 0 Å². The number of fused-ring (bicyclic) bond motifs is 3. The Labute approximate surface area is 771 Å². The first-order valence-corrected chi connectivity index (χ1v) is 46.7. The normalized spacial score (nSPS) is 22.9. The van der Waals surface area contributed by atoms with Gasteiger partial charge in [-0.25, -0.2) is 0 Å². The van der Waals surface area contributed by atoms with Crippen molar-refractivity contribution in [2.24, 2.45) is 0 Å². The minimum atomic E-state index is -1.38. The van der Waals surface area contributed by atoms with E-state index >= 15 is 0 Å². The quantitative estimate of drug-likeness (QED) is 0.0251. The number of aliphatic hydroxyl groups excluding tert-OH is 4. The topological polar surface area (TPSA) is 188 Å². The van der Waals surface area contributed by atoms with Crippen LogP contribution < -0.4 is 4.90 Å². The molecule has 0 saturated carbocycles. The van der Waals surface area contributed by atoms with Crippen molar-refractivity contribution in [2.45, 2.75) is 223 Å². The summed E-state index contributed by atoms with van der Waals surface area (Å²) in [7, 11) is 0. The summed E-state index contributed by atoms with van der Waals surface area (Å²) < 4.78 is 61.3. The zero-order valence-corrected chi connectivity index (χ0v) is 75.9. The Hall–Kier alpha value is -10.7. The van der Waals surface area contributed by atoms with Crippen LogP contribution in [0.4, 0.5) is 5.69 Å². The zero-order chi connectivity index (χ0) is 89.9. The van der Waals surface area contributed by atoms with Crippen LogP contribution in [0.5, 0.6) is 0 Å². The Morgan fingerprint density at radius 2 is 0.723 bits per heavy atom. The van der Waals surface area contributed by atoms with E-state index in [1.165, 1.54) is 66.4 Å². The van der Waals surface area contributed by atoms with Crippen LogP contribution in [0, 0.1) is 0 Å². The maximum Gasteiger partial charge on any atom is 0.163 e. The molecule has 12 aromatic carbocycles. The molecule has 2 aromatic heterocycles. The van der Waals surface area contributed by atoms with Crippen LogP contribution in [-0.4, -0.2) is 128 Å². The van der Waals surface area contributed by atoms with Gasteiger partial charge in [0.15, 0.2) is 18.0 Å². The van der Waals surface area contributed by atoms with Gasteiger partial charge in [0.25, 0.3) is 0 Å². The molecule has 3 unspecified atom stereocenters. The molecule has 0 bridgehead atoms. The van der Waals surface area contributed by atoms with Crippen molar-refractivity contribution in [3.63, 3.8) is 0 Å². The minimum Gasteiger partial charge on any atom is -0.394 e. The summed E-state index contributed by atoms with van der Waals surface area (Å²) in [5.74, 6) is 0.214. The fourth-order valence-electron chi connectivity index (χ4n) is 18.0. The number of alkyl halides is 1. The molecule has 0 radical (unpaired) electrons. The number of para-hydroxylation sites is 3. The number of aliphatic hydroxyl groups is 4. The molecule has 0 amide bonds. The van der Waals surface area contributed by atoms with Crippen molar-refractivity contribution < 1.29 is 63.1 Å². The van der Waals surface area contributed by atoms with Crippen molar-refractivity contribution >= 4 is 39.1 Å². The van der Waals surface area contributed by atoms with E-state index in [-0.39, 0.29) is 36.4 Å². The fourth-order valence-corrected chi connectivity index (χ4v) is 18.3. The van der Waals surface area contributed by atoms with Crippen LogP contribution in [0.15, 0.2) is 340 Å². The molecule has 0 aliphatic carbocycles. The number of halogens is 1. The number of aromatic nitrogens is 2. The van der Waals surface area contributed by atoms with Gasteiger partial charge in [-0.1, -0.05) is 356 Å². The Morgan fingerprint density at radius 3 is 1.19 bits per heavy atom. The van der Waals surface area contributed by atoms with Gasteiger partial charge in [-0.3, -0.25) is 0 Å². The highest BCUT2D eigenvalue weighted by molar-refractivity contribution is 6.20. The van der Waals surface area contributed by atoms with Gasteiger partial charge in [-0.15, -0.1) is 0 Å². The maximum absolute atomic E-state index is 10.6. The molecule has 0 spiro atoms. The maximum atomic E-state index is 10.6. The van der Waals surface area contributed by atoms with Crippen LogP contribution >= 0.6 is 11.6 Å². The predicted molar refractivity (Wildman–Crippen MR) is 516 cm³/mol. The van der Waals surface area contributed by atoms with Crippen LogP contribution in [-0.2, 0) is 121 Å². The lowest BCUT2D eigenvalue weighted by Crippen LogP contribution is -2.63. The Kier molecular flexibility index (Phi) is 34.3. The number of aromatic amines is 1. The van der Waals surface area contributed by atoms with Crippen LogP contribution in [0.3, 0.4) is 0 Å². The van der Waals surface area contributed by atoms with Gasteiger partial charge in [0.2, 0.25) is 0 Å². The predicted octanol–water partition coefficient (Wildman–Crippen LogP) is 21.5. The second kappa shape index (κ2) is 47.4. The molecule has 4 aliphatic rings. The van der Waals surface area contributed by atoms with Crippen molar-refractivity contribution in [1.82, 2.24) is 9.55 Å². The van der Waals surface area contributed by atoms with Crippen LogP contribution in [0.25, 0.3) is 21.8 Å². The first kappa shape index (κ1) is 94.0. The first-order chi connectivity index (χ1) is 63.8. The van der Waals surface area contributed by atoms with Gasteiger partial charge in [-0.05, 0) is 153 Å². The average Bonchev–Trinajstić information content (AvgIpc) is 1.42. The lowest BCUT2D eigenvalue weighted by Gasteiger charge is -2.46. The van der Waals surface area contributed by atoms with Crippen LogP contribution in [0.2, 0.25) is 0 Å². The molecule has 130 heavy (non-hydrogen) atoms. The molecule has 3 fully saturated rings. The van der Waals surface area contributed by atoms with Gasteiger partial charge in [0.1, 0.15) is 61.0 Å². The lowest BCUT2D eigenvalue weighted by atomic mass is 9.93. The number of nitrogens with one attached hydrogen (secondary N) is 1. The summed E-state index contributed by atoms with van der Waals surface area (Å²) in [5, 5.41) is 42.9. The Morgan fingerprint density at radius 1 is 0.346 bits per heavy atom. The molecule has 14 aromatic rings. The third-order valence-corrected chi connectivity index (χ3v) is 25.7. The smallest absolute Gasteiger partial charge is 0.163 e. The van der Waals surface area contributed by atoms with Gasteiger partial charge in [0, 0.05) is 46.8 Å². The Balaban J connectivity index is 0.000000141. The highest BCUT2D eigenvalue weighted by Gasteiger charge is 2.51. The van der Waals surface area contributed by atoms with E-state index < -0.39 is 67.4 Å². The standard InChI is InChI=1S/C45H47NO4.C28H31ClO4.C23H29NO5.C17H17N/c1-3-33-24-26-34(27-25-33)28-38-29-46(40-23-15-14-22-39(38)40)45-44(49-32-37-20-12-7-13-21-37)43(48-31-36-18-10-6-11-19-36)42(41(4-2)50-45)47-30-35-16-8-5-9-17-35;1-2-24-25(30-18-21-12-6-3-7-13-21)26(31-19-22-14-8-4-9-15-22)27(28(29)33-24)32-20-23-16-10-5-11-17-23;1-2-14-7-9-15(10-8-14)11-16-12-24(18-6-4-3-5-17(16)18)23-22(28)21(27)20(26)19(13-25)29-23;1-2-13-7-9-14(10-8-13)11-15-12-18-17-6-4-3-5-16(15)17/h5-27,29,41-45H,3-4,28,30-32H2,1-2H3;3-17,24-28H,2,18-20H2,1H3;3-10,16,19-23,25-28H,2,11-13H2,1H3;3-10,12,18H,2,11H2,1H3/t41-,42-,43+,44-,45?;24-,25-,26+,27-,28+;16?,19-,20-,21+,22-,23?;/m111./s1. The molecule has 16 atom stereocenters. The number of anilines is 1. The number of hydrogen-bond donors (Lipinski definition) is 5. The lowest BCUT2D eigenvalue weighted by molar-refractivity contribution is -0.282. The van der Waals surface area contributed by atoms with E-state index in [2.05, 4.69) is 269 Å². The molecule has 6 heterocycles. The molecule has 18 rings (SSSR count). The largest absolute Gasteiger partial charge is 0.394 e. The number of nitrogens with zero attached hydrogens (tertiary/aromatic N) is 2. The van der Waals surface area contributed by atoms with Gasteiger partial charge >= 0.3 is 0 Å². The second-order valence-electron chi connectivity index (χ2n) is 34.1. The summed E-state index contributed by atoms with van der Waals surface area (Å²) in [4.78, 5) is 5.28. The van der Waals surface area contributed by atoms with E-state index in [0.717, 1.165) is 96.0 Å². The summed E-state index contributed by atoms with van der Waals surface area (Å²) >= 11 is 6.70. The monoisotopic (exact) mass is 1770 g/mol. The number of ether oxygens (including phenoxy) is 9. The number of hydrogen-bond acceptors (Lipinski definition) is 14. The Bertz CT molecular complexity index is 5660. The fraction of sp³-hybridized carbons (Fsp3) is 0.327. The number of H-pyrrole nitrogens is 1. The summed E-state index contributed by atoms with van der Waals surface area (Å²) in [6, 6.07) is 113. The molecular formula is C113H124ClN3O13. The first-order valence-electron chi connectivity index (χ1n) is 46.2. The highest BCUT2D eigenvalue weighted by Crippen LogP contribution is 2.44. The zero-order valence-electron chi connectivity index (χ0n) is 75.1. The molecular weight excluding hydrogens is 1640 g/mol. The van der Waals surface area contributed by atoms with Crippen molar-refractivity contribution in [3.05, 3.63) is 423 Å². The minimum absolute atomic E-state index is 0.187. The van der Waals surface area contributed by atoms with Crippen LogP contribution in [0.1, 0.15) is 143 Å². The average molecular weight is 1770 g/mol. The van der Waals surface area contributed by atoms with Crippen molar-refractivity contribution in [1.29, 1.82) is 0 Å². The highest BCUT2D eigenvalue weighted by atomic mass is 35.5. The molecule has 5 N–H and O–H groups in total. The third-order valence-electron chi connectivity index (χ3n) is 25.3. The van der Waals surface area contributed by atoms with E-state index in [4.69, 9.17) is 54.2 Å². The molecule has 4 aliphatic heterocycles. The van der Waals surface area contributed by atoms with Gasteiger partial charge in [-0.2, -0.15) is 0 Å². The third kappa shape index (κ3) is 24.3. The van der Waals surface area contributed by atoms with Gasteiger partial charge in [0.05, 0.1) is 64.0 Å². The molecule has 16 nitrogen and oxygen atoms in total. The van der Waals surface area contributed by atoms with E-state index in [1.54, 1.807) is 0 Å². The number of rotatable bonds is 32. The van der Waals surface area contributed by atoms with Gasteiger partial charge < -0.3 is 77.5 Å².